The van der Waals surface area contributed by atoms with Gasteiger partial charge >= 0.3 is 12.2 Å². The zero-order valence-corrected chi connectivity index (χ0v) is 22.3. The van der Waals surface area contributed by atoms with E-state index in [1.165, 1.54) is 0 Å². The smallest absolute Gasteiger partial charge is 0.410 e. The number of hydrogen-bond donors (Lipinski definition) is 0. The van der Waals surface area contributed by atoms with Crippen LogP contribution in [-0.4, -0.2) is 65.4 Å². The van der Waals surface area contributed by atoms with Gasteiger partial charge in [0.1, 0.15) is 12.2 Å². The van der Waals surface area contributed by atoms with E-state index in [1.54, 1.807) is 16.0 Å². The van der Waals surface area contributed by atoms with E-state index in [-0.39, 0.29) is 24.5 Å². The number of aromatic nitrogens is 1. The minimum absolute atomic E-state index is 0.125. The zero-order valence-electron chi connectivity index (χ0n) is 22.3. The summed E-state index contributed by atoms with van der Waals surface area (Å²) in [5.74, 6) is 0.407. The number of likely N-dealkylation sites (tertiary alicyclic amines) is 2. The molecule has 38 heavy (non-hydrogen) atoms. The number of piperidine rings is 1. The Labute approximate surface area is 224 Å². The summed E-state index contributed by atoms with van der Waals surface area (Å²) in [6.45, 7) is 8.32. The number of hydrogen-bond acceptors (Lipinski definition) is 7. The van der Waals surface area contributed by atoms with Crippen molar-refractivity contribution in [3.05, 3.63) is 59.8 Å². The average molecular weight is 521 g/mol. The Balaban J connectivity index is 1.21. The lowest BCUT2D eigenvalue weighted by Gasteiger charge is -2.31. The molecule has 0 unspecified atom stereocenters. The molecule has 0 radical (unpaired) electrons. The van der Waals surface area contributed by atoms with Crippen molar-refractivity contribution >= 4 is 12.2 Å². The summed E-state index contributed by atoms with van der Waals surface area (Å²) < 4.78 is 16.8. The Hall–Kier alpha value is -3.80. The summed E-state index contributed by atoms with van der Waals surface area (Å²) in [4.78, 5) is 32.6. The van der Waals surface area contributed by atoms with Gasteiger partial charge in [0.15, 0.2) is 0 Å². The van der Waals surface area contributed by atoms with E-state index in [1.807, 2.05) is 63.2 Å². The third kappa shape index (κ3) is 7.37. The number of nitriles is 1. The molecule has 1 aromatic carbocycles. The van der Waals surface area contributed by atoms with E-state index >= 15 is 0 Å². The first-order chi connectivity index (χ1) is 18.2. The van der Waals surface area contributed by atoms with Gasteiger partial charge in [0.25, 0.3) is 0 Å². The van der Waals surface area contributed by atoms with Crippen molar-refractivity contribution in [2.45, 2.75) is 51.7 Å². The van der Waals surface area contributed by atoms with Gasteiger partial charge < -0.3 is 24.0 Å². The molecule has 2 aliphatic rings. The van der Waals surface area contributed by atoms with Crippen LogP contribution in [0.3, 0.4) is 0 Å². The minimum atomic E-state index is -0.583. The van der Waals surface area contributed by atoms with Crippen LogP contribution in [0.2, 0.25) is 0 Å². The van der Waals surface area contributed by atoms with Crippen LogP contribution in [0.15, 0.2) is 48.7 Å². The summed E-state index contributed by atoms with van der Waals surface area (Å²) >= 11 is 0. The summed E-state index contributed by atoms with van der Waals surface area (Å²) in [5, 5.41) is 9.64. The van der Waals surface area contributed by atoms with Gasteiger partial charge in [-0.3, -0.25) is 0 Å². The van der Waals surface area contributed by atoms with E-state index in [9.17, 15) is 14.9 Å². The molecule has 0 N–H and O–H groups in total. The lowest BCUT2D eigenvalue weighted by atomic mass is 9.91. The molecule has 2 aromatic rings. The van der Waals surface area contributed by atoms with Crippen LogP contribution in [0, 0.1) is 23.2 Å². The second kappa shape index (κ2) is 12.2. The number of amides is 2. The van der Waals surface area contributed by atoms with Crippen LogP contribution in [-0.2, 0) is 16.1 Å². The van der Waals surface area contributed by atoms with Crippen LogP contribution >= 0.6 is 0 Å². The molecule has 1 aromatic heterocycles. The van der Waals surface area contributed by atoms with Gasteiger partial charge in [-0.2, -0.15) is 5.26 Å². The van der Waals surface area contributed by atoms with Gasteiger partial charge in [0, 0.05) is 44.4 Å². The maximum absolute atomic E-state index is 12.5. The molecule has 0 spiro atoms. The number of carbonyl (C=O) groups excluding carboxylic acids is 2. The van der Waals surface area contributed by atoms with Gasteiger partial charge in [-0.05, 0) is 50.7 Å². The molecular weight excluding hydrogens is 484 g/mol. The SMILES string of the molecule is CC(C)(C)OC(=O)N1C[C@@H](C#N)[C@H](c2ccc(OCC3CCN(C(=O)OCc4ccccc4)CC3)nc2)C1. The molecule has 3 heterocycles. The maximum atomic E-state index is 12.5. The summed E-state index contributed by atoms with van der Waals surface area (Å²) in [6.07, 6.45) is 2.73. The fourth-order valence-corrected chi connectivity index (χ4v) is 4.74. The predicted octanol–water partition coefficient (Wildman–Crippen LogP) is 4.98. The highest BCUT2D eigenvalue weighted by atomic mass is 16.6. The Morgan fingerprint density at radius 1 is 1.03 bits per heavy atom. The van der Waals surface area contributed by atoms with Crippen LogP contribution in [0.25, 0.3) is 0 Å². The first-order valence-corrected chi connectivity index (χ1v) is 13.1. The van der Waals surface area contributed by atoms with Crippen molar-refractivity contribution in [2.75, 3.05) is 32.8 Å². The van der Waals surface area contributed by atoms with Crippen molar-refractivity contribution in [3.63, 3.8) is 0 Å². The highest BCUT2D eigenvalue weighted by Crippen LogP contribution is 2.33. The standard InChI is InChI=1S/C29H36N4O5/c1-29(2,3)38-28(35)33-17-24(15-30)25(18-33)23-9-10-26(31-16-23)36-19-22-11-13-32(14-12-22)27(34)37-20-21-7-5-4-6-8-21/h4-10,16,22,24-25H,11-14,17-20H2,1-3H3/t24-,25+/m1/s1. The van der Waals surface area contributed by atoms with E-state index in [0.717, 1.165) is 24.0 Å². The topological polar surface area (TPSA) is 105 Å². The first kappa shape index (κ1) is 27.2. The number of benzene rings is 1. The molecule has 2 fully saturated rings. The van der Waals surface area contributed by atoms with Crippen LogP contribution < -0.4 is 4.74 Å². The van der Waals surface area contributed by atoms with E-state index in [2.05, 4.69) is 11.1 Å². The van der Waals surface area contributed by atoms with Gasteiger partial charge in [-0.25, -0.2) is 14.6 Å². The molecular formula is C29H36N4O5. The fraction of sp³-hybridized carbons (Fsp3) is 0.517. The second-order valence-electron chi connectivity index (χ2n) is 10.9. The highest BCUT2D eigenvalue weighted by Gasteiger charge is 2.38. The van der Waals surface area contributed by atoms with Crippen molar-refractivity contribution in [1.29, 1.82) is 5.26 Å². The molecule has 0 bridgehead atoms. The van der Waals surface area contributed by atoms with Crippen molar-refractivity contribution in [3.8, 4) is 11.9 Å². The van der Waals surface area contributed by atoms with Gasteiger partial charge in [0.2, 0.25) is 5.88 Å². The zero-order chi connectivity index (χ0) is 27.1. The molecule has 9 heteroatoms. The van der Waals surface area contributed by atoms with Crippen molar-refractivity contribution < 1.29 is 23.8 Å². The van der Waals surface area contributed by atoms with Crippen molar-refractivity contribution in [2.24, 2.45) is 11.8 Å². The number of rotatable bonds is 6. The predicted molar refractivity (Wildman–Crippen MR) is 140 cm³/mol. The molecule has 202 valence electrons. The second-order valence-corrected chi connectivity index (χ2v) is 10.9. The largest absolute Gasteiger partial charge is 0.477 e. The number of carbonyl (C=O) groups is 2. The lowest BCUT2D eigenvalue weighted by molar-refractivity contribution is 0.0289. The molecule has 2 atom stereocenters. The minimum Gasteiger partial charge on any atom is -0.477 e. The Morgan fingerprint density at radius 3 is 2.39 bits per heavy atom. The van der Waals surface area contributed by atoms with Gasteiger partial charge in [-0.1, -0.05) is 36.4 Å². The highest BCUT2D eigenvalue weighted by molar-refractivity contribution is 5.69. The van der Waals surface area contributed by atoms with E-state index < -0.39 is 11.7 Å². The summed E-state index contributed by atoms with van der Waals surface area (Å²) in [7, 11) is 0. The first-order valence-electron chi connectivity index (χ1n) is 13.1. The average Bonchev–Trinajstić information content (AvgIpc) is 3.36. The van der Waals surface area contributed by atoms with Crippen molar-refractivity contribution in [1.82, 2.24) is 14.8 Å². The van der Waals surface area contributed by atoms with Gasteiger partial charge in [-0.15, -0.1) is 0 Å². The summed E-state index contributed by atoms with van der Waals surface area (Å²) in [5.41, 5.74) is 1.29. The normalized spacial score (nSPS) is 20.1. The molecule has 2 aliphatic heterocycles. The van der Waals surface area contributed by atoms with Crippen LogP contribution in [0.4, 0.5) is 9.59 Å². The molecule has 4 rings (SSSR count). The third-order valence-corrected chi connectivity index (χ3v) is 6.87. The molecule has 9 nitrogen and oxygen atoms in total. The van der Waals surface area contributed by atoms with Crippen LogP contribution in [0.1, 0.15) is 50.7 Å². The number of ether oxygens (including phenoxy) is 3. The Morgan fingerprint density at radius 2 is 1.76 bits per heavy atom. The summed E-state index contributed by atoms with van der Waals surface area (Å²) in [6, 6.07) is 15.7. The fourth-order valence-electron chi connectivity index (χ4n) is 4.74. The molecule has 2 amide bonds. The Kier molecular flexibility index (Phi) is 8.72. The maximum Gasteiger partial charge on any atom is 0.410 e. The Bertz CT molecular complexity index is 1120. The van der Waals surface area contributed by atoms with E-state index in [4.69, 9.17) is 14.2 Å². The third-order valence-electron chi connectivity index (χ3n) is 6.87. The molecule has 2 saturated heterocycles. The quantitative estimate of drug-likeness (QED) is 0.529. The van der Waals surface area contributed by atoms with E-state index in [0.29, 0.717) is 44.6 Å². The van der Waals surface area contributed by atoms with Crippen LogP contribution in [0.5, 0.6) is 5.88 Å². The molecule has 0 aliphatic carbocycles. The number of nitrogens with zero attached hydrogens (tertiary/aromatic N) is 4. The molecule has 0 saturated carbocycles. The lowest BCUT2D eigenvalue weighted by Crippen LogP contribution is -2.40. The number of pyridine rings is 1. The van der Waals surface area contributed by atoms with Gasteiger partial charge in [0.05, 0.1) is 18.6 Å². The monoisotopic (exact) mass is 520 g/mol.